The molecule has 0 aromatic carbocycles. The summed E-state index contributed by atoms with van der Waals surface area (Å²) in [4.78, 5) is 22.2. The number of sulfonamides is 1. The van der Waals surface area contributed by atoms with Gasteiger partial charge in [-0.1, -0.05) is 0 Å². The first-order valence-electron chi connectivity index (χ1n) is 5.38. The van der Waals surface area contributed by atoms with Crippen molar-refractivity contribution in [2.24, 2.45) is 5.92 Å². The SMILES string of the molecule is COC(=O)c1cc(S(=O)(=O)N2CC(C(=O)O)C2)c(Br)s1. The number of rotatable bonds is 4. The first kappa shape index (κ1) is 15.4. The summed E-state index contributed by atoms with van der Waals surface area (Å²) >= 11 is 4.06. The summed E-state index contributed by atoms with van der Waals surface area (Å²) in [7, 11) is -2.59. The zero-order chi connectivity index (χ0) is 15.1. The summed E-state index contributed by atoms with van der Waals surface area (Å²) in [5, 5.41) is 8.76. The molecule has 0 spiro atoms. The van der Waals surface area contributed by atoms with Gasteiger partial charge >= 0.3 is 11.9 Å². The highest BCUT2D eigenvalue weighted by Gasteiger charge is 2.41. The number of carboxylic acid groups (broad SMARTS) is 1. The van der Waals surface area contributed by atoms with Gasteiger partial charge in [0.05, 0.1) is 16.8 Å². The van der Waals surface area contributed by atoms with E-state index in [4.69, 9.17) is 5.11 Å². The number of ether oxygens (including phenoxy) is 1. The Morgan fingerprint density at radius 1 is 1.50 bits per heavy atom. The van der Waals surface area contributed by atoms with Crippen LogP contribution in [0.5, 0.6) is 0 Å². The smallest absolute Gasteiger partial charge is 0.348 e. The molecule has 1 fully saturated rings. The van der Waals surface area contributed by atoms with Crippen LogP contribution in [0.2, 0.25) is 0 Å². The molecule has 0 bridgehead atoms. The molecule has 1 aliphatic heterocycles. The second kappa shape index (κ2) is 5.43. The molecule has 0 atom stereocenters. The first-order chi connectivity index (χ1) is 9.27. The van der Waals surface area contributed by atoms with Gasteiger partial charge in [-0.2, -0.15) is 4.31 Å². The van der Waals surface area contributed by atoms with E-state index in [0.29, 0.717) is 0 Å². The number of thiophene rings is 1. The van der Waals surface area contributed by atoms with Crippen molar-refractivity contribution in [1.29, 1.82) is 0 Å². The minimum atomic E-state index is -3.79. The van der Waals surface area contributed by atoms with E-state index < -0.39 is 27.9 Å². The van der Waals surface area contributed by atoms with E-state index >= 15 is 0 Å². The molecule has 2 heterocycles. The van der Waals surface area contributed by atoms with Crippen molar-refractivity contribution in [3.63, 3.8) is 0 Å². The summed E-state index contributed by atoms with van der Waals surface area (Å²) in [6, 6.07) is 1.23. The molecule has 20 heavy (non-hydrogen) atoms. The summed E-state index contributed by atoms with van der Waals surface area (Å²) in [6.45, 7) is -0.124. The standard InChI is InChI=1S/C10H10BrNO6S2/c1-18-10(15)6-2-7(8(11)19-6)20(16,17)12-3-5(4-12)9(13)14/h2,5H,3-4H2,1H3,(H,13,14). The average molecular weight is 384 g/mol. The number of carbonyl (C=O) groups is 2. The van der Waals surface area contributed by atoms with Crippen LogP contribution >= 0.6 is 27.3 Å². The van der Waals surface area contributed by atoms with Crippen LogP contribution in [0, 0.1) is 5.92 Å². The maximum Gasteiger partial charge on any atom is 0.348 e. The second-order valence-electron chi connectivity index (χ2n) is 4.10. The molecule has 2 rings (SSSR count). The van der Waals surface area contributed by atoms with Gasteiger partial charge in [0.25, 0.3) is 0 Å². The maximum atomic E-state index is 12.3. The number of methoxy groups -OCH3 is 1. The van der Waals surface area contributed by atoms with Gasteiger partial charge in [0.1, 0.15) is 9.77 Å². The van der Waals surface area contributed by atoms with Crippen LogP contribution in [0.1, 0.15) is 9.67 Å². The van der Waals surface area contributed by atoms with Crippen LogP contribution in [0.15, 0.2) is 14.7 Å². The van der Waals surface area contributed by atoms with E-state index in [0.717, 1.165) is 15.6 Å². The lowest BCUT2D eigenvalue weighted by molar-refractivity contribution is -0.145. The van der Waals surface area contributed by atoms with Crippen molar-refractivity contribution >= 4 is 49.2 Å². The number of esters is 1. The molecule has 1 aromatic rings. The third-order valence-corrected chi connectivity index (χ3v) is 6.92. The van der Waals surface area contributed by atoms with Crippen LogP contribution in [0.3, 0.4) is 0 Å². The van der Waals surface area contributed by atoms with Crippen molar-refractivity contribution in [3.8, 4) is 0 Å². The van der Waals surface area contributed by atoms with E-state index in [2.05, 4.69) is 20.7 Å². The summed E-state index contributed by atoms with van der Waals surface area (Å²) < 4.78 is 30.5. The molecule has 0 saturated carbocycles. The monoisotopic (exact) mass is 383 g/mol. The largest absolute Gasteiger partial charge is 0.481 e. The molecule has 0 radical (unpaired) electrons. The number of hydrogen-bond acceptors (Lipinski definition) is 6. The Kier molecular flexibility index (Phi) is 4.19. The normalized spacial score (nSPS) is 16.7. The minimum Gasteiger partial charge on any atom is -0.481 e. The van der Waals surface area contributed by atoms with Crippen molar-refractivity contribution < 1.29 is 27.9 Å². The molecule has 0 amide bonds. The van der Waals surface area contributed by atoms with Gasteiger partial charge in [-0.15, -0.1) is 11.3 Å². The Morgan fingerprint density at radius 3 is 2.60 bits per heavy atom. The number of hydrogen-bond donors (Lipinski definition) is 1. The van der Waals surface area contributed by atoms with Crippen molar-refractivity contribution in [1.82, 2.24) is 4.31 Å². The first-order valence-corrected chi connectivity index (χ1v) is 8.43. The lowest BCUT2D eigenvalue weighted by Crippen LogP contribution is -2.52. The van der Waals surface area contributed by atoms with Crippen molar-refractivity contribution in [2.45, 2.75) is 4.90 Å². The Morgan fingerprint density at radius 2 is 2.10 bits per heavy atom. The Bertz CT molecular complexity index is 661. The molecule has 1 saturated heterocycles. The molecule has 0 aliphatic carbocycles. The van der Waals surface area contributed by atoms with Crippen molar-refractivity contribution in [3.05, 3.63) is 14.7 Å². The molecule has 0 unspecified atom stereocenters. The van der Waals surface area contributed by atoms with Crippen LogP contribution in [-0.2, 0) is 19.6 Å². The third-order valence-electron chi connectivity index (χ3n) is 2.86. The van der Waals surface area contributed by atoms with Gasteiger partial charge in [0, 0.05) is 13.1 Å². The van der Waals surface area contributed by atoms with E-state index in [-0.39, 0.29) is 26.6 Å². The topological polar surface area (TPSA) is 101 Å². The highest BCUT2D eigenvalue weighted by Crippen LogP contribution is 2.36. The zero-order valence-electron chi connectivity index (χ0n) is 10.2. The van der Waals surface area contributed by atoms with E-state index in [1.165, 1.54) is 13.2 Å². The van der Waals surface area contributed by atoms with Crippen molar-refractivity contribution in [2.75, 3.05) is 20.2 Å². The Labute approximate surface area is 127 Å². The number of halogens is 1. The number of aliphatic carboxylic acids is 1. The average Bonchev–Trinajstić information content (AvgIpc) is 2.68. The second-order valence-corrected chi connectivity index (χ2v) is 8.37. The molecule has 1 N–H and O–H groups in total. The van der Waals surface area contributed by atoms with Gasteiger partial charge in [-0.25, -0.2) is 13.2 Å². The highest BCUT2D eigenvalue weighted by molar-refractivity contribution is 9.11. The molecule has 1 aromatic heterocycles. The summed E-state index contributed by atoms with van der Waals surface area (Å²) in [5.74, 6) is -2.32. The van der Waals surface area contributed by atoms with Crippen LogP contribution in [0.4, 0.5) is 0 Å². The number of carboxylic acids is 1. The highest BCUT2D eigenvalue weighted by atomic mass is 79.9. The summed E-state index contributed by atoms with van der Waals surface area (Å²) in [6.07, 6.45) is 0. The molecular weight excluding hydrogens is 374 g/mol. The van der Waals surface area contributed by atoms with E-state index in [1.807, 2.05) is 0 Å². The predicted molar refractivity (Wildman–Crippen MR) is 73.2 cm³/mol. The third kappa shape index (κ3) is 2.60. The Balaban J connectivity index is 2.25. The lowest BCUT2D eigenvalue weighted by atomic mass is 10.0. The van der Waals surface area contributed by atoms with Crippen LogP contribution in [-0.4, -0.2) is 50.0 Å². The van der Waals surface area contributed by atoms with Gasteiger partial charge in [-0.05, 0) is 22.0 Å². The van der Waals surface area contributed by atoms with Crippen LogP contribution < -0.4 is 0 Å². The van der Waals surface area contributed by atoms with Crippen LogP contribution in [0.25, 0.3) is 0 Å². The van der Waals surface area contributed by atoms with E-state index in [9.17, 15) is 18.0 Å². The number of nitrogens with zero attached hydrogens (tertiary/aromatic N) is 1. The van der Waals surface area contributed by atoms with Gasteiger partial charge in [-0.3, -0.25) is 4.79 Å². The Hall–Kier alpha value is -0.970. The molecule has 10 heteroatoms. The maximum absolute atomic E-state index is 12.3. The summed E-state index contributed by atoms with van der Waals surface area (Å²) in [5.41, 5.74) is 0. The predicted octanol–water partition coefficient (Wildman–Crippen LogP) is 1.00. The fourth-order valence-corrected chi connectivity index (χ4v) is 5.62. The lowest BCUT2D eigenvalue weighted by Gasteiger charge is -2.35. The number of carbonyl (C=O) groups excluding carboxylic acids is 1. The van der Waals surface area contributed by atoms with Gasteiger partial charge < -0.3 is 9.84 Å². The molecule has 7 nitrogen and oxygen atoms in total. The van der Waals surface area contributed by atoms with E-state index in [1.54, 1.807) is 0 Å². The molecule has 110 valence electrons. The zero-order valence-corrected chi connectivity index (χ0v) is 13.4. The van der Waals surface area contributed by atoms with Gasteiger partial charge in [0.15, 0.2) is 0 Å². The molecular formula is C10H10BrNO6S2. The minimum absolute atomic E-state index is 0.0493. The fraction of sp³-hybridized carbons (Fsp3) is 0.400. The molecule has 1 aliphatic rings. The fourth-order valence-electron chi connectivity index (χ4n) is 1.66. The quantitative estimate of drug-likeness (QED) is 0.778. The van der Waals surface area contributed by atoms with Gasteiger partial charge in [0.2, 0.25) is 10.0 Å².